The predicted octanol–water partition coefficient (Wildman–Crippen LogP) is 0.685. The van der Waals surface area contributed by atoms with E-state index < -0.39 is 5.60 Å². The number of aliphatic hydroxyl groups is 1. The summed E-state index contributed by atoms with van der Waals surface area (Å²) in [6.07, 6.45) is 4.64. The number of hydrogen-bond acceptors (Lipinski definition) is 4. The summed E-state index contributed by atoms with van der Waals surface area (Å²) in [7, 11) is 1.72. The molecule has 0 aromatic rings. The first kappa shape index (κ1) is 12.3. The van der Waals surface area contributed by atoms with E-state index in [1.165, 1.54) is 0 Å². The number of hydrogen-bond donors (Lipinski definition) is 2. The lowest BCUT2D eigenvalue weighted by molar-refractivity contribution is -0.0811. The van der Waals surface area contributed by atoms with E-state index in [2.05, 4.69) is 5.32 Å². The number of nitrogens with one attached hydrogen (secondary N) is 1. The maximum atomic E-state index is 10.5. The Balaban J connectivity index is 1.78. The normalized spacial score (nSPS) is 38.6. The fourth-order valence-corrected chi connectivity index (χ4v) is 2.92. The van der Waals surface area contributed by atoms with Crippen LogP contribution < -0.4 is 5.32 Å². The fourth-order valence-electron chi connectivity index (χ4n) is 2.92. The van der Waals surface area contributed by atoms with Crippen LogP contribution in [0.1, 0.15) is 32.1 Å². The Kier molecular flexibility index (Phi) is 4.19. The van der Waals surface area contributed by atoms with Gasteiger partial charge in [0.05, 0.1) is 18.8 Å². The maximum Gasteiger partial charge on any atom is 0.0679 e. The molecular formula is C12H23NO3. The van der Waals surface area contributed by atoms with Crippen molar-refractivity contribution in [1.29, 1.82) is 0 Å². The summed E-state index contributed by atoms with van der Waals surface area (Å²) in [6.45, 7) is 2.29. The molecule has 0 spiro atoms. The van der Waals surface area contributed by atoms with Crippen LogP contribution in [0, 0.1) is 0 Å². The van der Waals surface area contributed by atoms with Gasteiger partial charge in [-0.25, -0.2) is 0 Å². The molecule has 2 N–H and O–H groups in total. The van der Waals surface area contributed by atoms with Gasteiger partial charge in [0.25, 0.3) is 0 Å². The molecule has 0 aliphatic carbocycles. The van der Waals surface area contributed by atoms with Crippen LogP contribution in [0.5, 0.6) is 0 Å². The molecule has 2 aliphatic rings. The molecule has 2 bridgehead atoms. The van der Waals surface area contributed by atoms with Crippen molar-refractivity contribution in [2.75, 3.05) is 26.9 Å². The summed E-state index contributed by atoms with van der Waals surface area (Å²) in [5.41, 5.74) is -0.474. The lowest BCUT2D eigenvalue weighted by Crippen LogP contribution is -2.59. The molecule has 2 heterocycles. The van der Waals surface area contributed by atoms with Gasteiger partial charge in [-0.1, -0.05) is 0 Å². The molecule has 2 saturated heterocycles. The van der Waals surface area contributed by atoms with Gasteiger partial charge >= 0.3 is 0 Å². The monoisotopic (exact) mass is 229 g/mol. The third-order valence-corrected chi connectivity index (χ3v) is 3.60. The van der Waals surface area contributed by atoms with Gasteiger partial charge in [0, 0.05) is 25.8 Å². The topological polar surface area (TPSA) is 50.7 Å². The molecule has 2 aliphatic heterocycles. The van der Waals surface area contributed by atoms with Crippen LogP contribution in [0.15, 0.2) is 0 Å². The van der Waals surface area contributed by atoms with Crippen molar-refractivity contribution in [3.8, 4) is 0 Å². The number of ether oxygens (including phenoxy) is 2. The van der Waals surface area contributed by atoms with Crippen molar-refractivity contribution >= 4 is 0 Å². The first-order valence-corrected chi connectivity index (χ1v) is 6.27. The van der Waals surface area contributed by atoms with Crippen molar-refractivity contribution in [3.63, 3.8) is 0 Å². The zero-order valence-corrected chi connectivity index (χ0v) is 10.1. The molecule has 0 aromatic carbocycles. The first-order chi connectivity index (χ1) is 7.72. The molecule has 2 unspecified atom stereocenters. The Labute approximate surface area is 97.3 Å². The predicted molar refractivity (Wildman–Crippen MR) is 61.4 cm³/mol. The maximum absolute atomic E-state index is 10.5. The number of fused-ring (bicyclic) bond motifs is 2. The van der Waals surface area contributed by atoms with Crippen LogP contribution in [-0.2, 0) is 9.47 Å². The molecule has 2 rings (SSSR count). The molecule has 4 heteroatoms. The number of unbranched alkanes of at least 4 members (excludes halogenated alkanes) is 1. The second-order valence-electron chi connectivity index (χ2n) is 5.18. The molecule has 0 saturated carbocycles. The van der Waals surface area contributed by atoms with E-state index >= 15 is 0 Å². The van der Waals surface area contributed by atoms with Gasteiger partial charge in [-0.2, -0.15) is 0 Å². The summed E-state index contributed by atoms with van der Waals surface area (Å²) in [6, 6.07) is 0.694. The van der Waals surface area contributed by atoms with Crippen LogP contribution in [0.25, 0.3) is 0 Å². The standard InChI is InChI=1S/C12H23NO3/c1-15-5-3-2-4-12(14)6-10-8-16-9-11(7-12)13-10/h10-11,13-14H,2-9H2,1H3. The largest absolute Gasteiger partial charge is 0.390 e. The number of methoxy groups -OCH3 is 1. The van der Waals surface area contributed by atoms with E-state index in [0.29, 0.717) is 12.1 Å². The van der Waals surface area contributed by atoms with E-state index in [4.69, 9.17) is 9.47 Å². The quantitative estimate of drug-likeness (QED) is 0.681. The second-order valence-corrected chi connectivity index (χ2v) is 5.18. The van der Waals surface area contributed by atoms with Crippen LogP contribution in [0.3, 0.4) is 0 Å². The highest BCUT2D eigenvalue weighted by Crippen LogP contribution is 2.31. The third-order valence-electron chi connectivity index (χ3n) is 3.60. The summed E-state index contributed by atoms with van der Waals surface area (Å²) in [4.78, 5) is 0. The molecule has 2 fully saturated rings. The van der Waals surface area contributed by atoms with Gasteiger partial charge < -0.3 is 19.9 Å². The summed E-state index contributed by atoms with van der Waals surface area (Å²) < 4.78 is 10.5. The molecule has 0 radical (unpaired) electrons. The van der Waals surface area contributed by atoms with Gasteiger partial charge in [-0.15, -0.1) is 0 Å². The van der Waals surface area contributed by atoms with Crippen LogP contribution >= 0.6 is 0 Å². The van der Waals surface area contributed by atoms with Crippen molar-refractivity contribution in [2.24, 2.45) is 0 Å². The fraction of sp³-hybridized carbons (Fsp3) is 1.00. The number of piperidine rings is 1. The van der Waals surface area contributed by atoms with Gasteiger partial charge in [-0.3, -0.25) is 0 Å². The Morgan fingerprint density at radius 3 is 2.62 bits per heavy atom. The molecule has 2 atom stereocenters. The highest BCUT2D eigenvalue weighted by molar-refractivity contribution is 4.96. The highest BCUT2D eigenvalue weighted by atomic mass is 16.5. The minimum atomic E-state index is -0.474. The average Bonchev–Trinajstić information content (AvgIpc) is 2.24. The molecule has 0 amide bonds. The van der Waals surface area contributed by atoms with Crippen LogP contribution in [0.4, 0.5) is 0 Å². The van der Waals surface area contributed by atoms with Gasteiger partial charge in [0.1, 0.15) is 0 Å². The minimum Gasteiger partial charge on any atom is -0.390 e. The Bertz CT molecular complexity index is 210. The lowest BCUT2D eigenvalue weighted by atomic mass is 9.79. The number of morpholine rings is 1. The summed E-state index contributed by atoms with van der Waals surface area (Å²) >= 11 is 0. The SMILES string of the molecule is COCCCCC1(O)CC2COCC(C1)N2. The Morgan fingerprint density at radius 1 is 1.31 bits per heavy atom. The van der Waals surface area contributed by atoms with Gasteiger partial charge in [-0.05, 0) is 32.1 Å². The summed E-state index contributed by atoms with van der Waals surface area (Å²) in [5, 5.41) is 14.0. The average molecular weight is 229 g/mol. The van der Waals surface area contributed by atoms with E-state index in [1.807, 2.05) is 0 Å². The van der Waals surface area contributed by atoms with Gasteiger partial charge in [0.2, 0.25) is 0 Å². The smallest absolute Gasteiger partial charge is 0.0679 e. The third kappa shape index (κ3) is 3.17. The Hall–Kier alpha value is -0.160. The van der Waals surface area contributed by atoms with Gasteiger partial charge in [0.15, 0.2) is 0 Å². The zero-order valence-electron chi connectivity index (χ0n) is 10.1. The van der Waals surface area contributed by atoms with Crippen molar-refractivity contribution in [2.45, 2.75) is 49.8 Å². The van der Waals surface area contributed by atoms with E-state index in [1.54, 1.807) is 7.11 Å². The minimum absolute atomic E-state index is 0.347. The highest BCUT2D eigenvalue weighted by Gasteiger charge is 2.40. The second kappa shape index (κ2) is 5.45. The van der Waals surface area contributed by atoms with Crippen molar-refractivity contribution in [1.82, 2.24) is 5.32 Å². The van der Waals surface area contributed by atoms with Crippen molar-refractivity contribution < 1.29 is 14.6 Å². The Morgan fingerprint density at radius 2 is 2.00 bits per heavy atom. The molecule has 0 aromatic heterocycles. The van der Waals surface area contributed by atoms with Crippen LogP contribution in [-0.4, -0.2) is 49.7 Å². The van der Waals surface area contributed by atoms with Crippen molar-refractivity contribution in [3.05, 3.63) is 0 Å². The molecular weight excluding hydrogens is 206 g/mol. The number of rotatable bonds is 5. The molecule has 4 nitrogen and oxygen atoms in total. The zero-order chi connectivity index (χ0) is 11.4. The van der Waals surface area contributed by atoms with E-state index in [0.717, 1.165) is 51.9 Å². The van der Waals surface area contributed by atoms with E-state index in [-0.39, 0.29) is 0 Å². The summed E-state index contributed by atoms with van der Waals surface area (Å²) in [5.74, 6) is 0. The lowest BCUT2D eigenvalue weighted by Gasteiger charge is -2.45. The van der Waals surface area contributed by atoms with Crippen LogP contribution in [0.2, 0.25) is 0 Å². The van der Waals surface area contributed by atoms with E-state index in [9.17, 15) is 5.11 Å². The molecule has 94 valence electrons. The first-order valence-electron chi connectivity index (χ1n) is 6.27. The molecule has 16 heavy (non-hydrogen) atoms.